The number of alkyl halides is 3. The van der Waals surface area contributed by atoms with E-state index < -0.39 is 11.9 Å². The molecule has 3 rings (SSSR count). The molecule has 21 heavy (non-hydrogen) atoms. The van der Waals surface area contributed by atoms with Crippen LogP contribution in [-0.4, -0.2) is 20.8 Å². The number of halogens is 4. The van der Waals surface area contributed by atoms with Crippen molar-refractivity contribution in [3.8, 4) is 5.82 Å². The van der Waals surface area contributed by atoms with Gasteiger partial charge >= 0.3 is 6.18 Å². The Morgan fingerprint density at radius 3 is 2.76 bits per heavy atom. The highest BCUT2D eigenvalue weighted by Gasteiger charge is 2.33. The van der Waals surface area contributed by atoms with Gasteiger partial charge in [0.15, 0.2) is 11.5 Å². The maximum Gasteiger partial charge on any atom is 0.435 e. The van der Waals surface area contributed by atoms with Crippen LogP contribution in [0.4, 0.5) is 13.2 Å². The summed E-state index contributed by atoms with van der Waals surface area (Å²) in [6.07, 6.45) is 0.480. The van der Waals surface area contributed by atoms with Gasteiger partial charge in [-0.15, -0.1) is 0 Å². The Hall–Kier alpha value is -1.60. The summed E-state index contributed by atoms with van der Waals surface area (Å²) in [6, 6.07) is 3.07. The molecular weight excluding hydrogens is 305 g/mol. The fourth-order valence-electron chi connectivity index (χ4n) is 1.87. The molecule has 1 saturated carbocycles. The topological polar surface area (TPSA) is 42.7 Å². The Bertz CT molecular complexity index is 649. The van der Waals surface area contributed by atoms with Gasteiger partial charge in [0, 0.05) is 25.0 Å². The van der Waals surface area contributed by atoms with E-state index in [0.29, 0.717) is 23.4 Å². The largest absolute Gasteiger partial charge is 0.435 e. The van der Waals surface area contributed by atoms with Gasteiger partial charge in [-0.05, 0) is 30.5 Å². The Morgan fingerprint density at radius 2 is 2.14 bits per heavy atom. The lowest BCUT2D eigenvalue weighted by atomic mass is 10.2. The van der Waals surface area contributed by atoms with E-state index in [1.54, 1.807) is 6.07 Å². The second-order valence-corrected chi connectivity index (χ2v) is 5.34. The summed E-state index contributed by atoms with van der Waals surface area (Å²) in [5, 5.41) is 7.28. The molecule has 2 aromatic rings. The molecule has 0 unspecified atom stereocenters. The Kier molecular flexibility index (Phi) is 3.62. The lowest BCUT2D eigenvalue weighted by Gasteiger charge is -2.08. The molecule has 2 heterocycles. The number of aromatic nitrogens is 3. The fraction of sp³-hybridized carbons (Fsp3) is 0.385. The van der Waals surface area contributed by atoms with Crippen LogP contribution in [-0.2, 0) is 12.7 Å². The number of nitrogens with one attached hydrogen (secondary N) is 1. The summed E-state index contributed by atoms with van der Waals surface area (Å²) in [5.74, 6) is 0.308. The first kappa shape index (κ1) is 14.3. The van der Waals surface area contributed by atoms with Crippen LogP contribution in [0.2, 0.25) is 5.02 Å². The van der Waals surface area contributed by atoms with Gasteiger partial charge in [0.1, 0.15) is 0 Å². The second kappa shape index (κ2) is 5.31. The van der Waals surface area contributed by atoms with Crippen molar-refractivity contribution >= 4 is 11.6 Å². The normalized spacial score (nSPS) is 15.4. The van der Waals surface area contributed by atoms with E-state index in [4.69, 9.17) is 11.6 Å². The first-order valence-electron chi connectivity index (χ1n) is 6.44. The number of pyridine rings is 1. The molecule has 0 radical (unpaired) electrons. The minimum atomic E-state index is -4.46. The van der Waals surface area contributed by atoms with Crippen molar-refractivity contribution in [2.75, 3.05) is 0 Å². The summed E-state index contributed by atoms with van der Waals surface area (Å²) < 4.78 is 38.7. The van der Waals surface area contributed by atoms with Crippen molar-refractivity contribution in [2.24, 2.45) is 0 Å². The average molecular weight is 317 g/mol. The summed E-state index contributed by atoms with van der Waals surface area (Å²) in [4.78, 5) is 4.02. The maximum atomic E-state index is 12.5. The molecule has 1 N–H and O–H groups in total. The first-order valence-corrected chi connectivity index (χ1v) is 6.82. The van der Waals surface area contributed by atoms with Gasteiger partial charge in [-0.3, -0.25) is 0 Å². The van der Waals surface area contributed by atoms with E-state index in [0.717, 1.165) is 29.2 Å². The predicted octanol–water partition coefficient (Wildman–Crippen LogP) is 3.19. The van der Waals surface area contributed by atoms with Crippen molar-refractivity contribution in [1.29, 1.82) is 0 Å². The van der Waals surface area contributed by atoms with Gasteiger partial charge in [0.05, 0.1) is 5.02 Å². The van der Waals surface area contributed by atoms with Crippen molar-refractivity contribution < 1.29 is 13.2 Å². The molecule has 0 spiro atoms. The lowest BCUT2D eigenvalue weighted by molar-refractivity contribution is -0.141. The summed E-state index contributed by atoms with van der Waals surface area (Å²) >= 11 is 6.05. The van der Waals surface area contributed by atoms with Crippen LogP contribution >= 0.6 is 11.6 Å². The molecule has 1 fully saturated rings. The predicted molar refractivity (Wildman–Crippen MR) is 71.2 cm³/mol. The van der Waals surface area contributed by atoms with Gasteiger partial charge < -0.3 is 5.32 Å². The summed E-state index contributed by atoms with van der Waals surface area (Å²) in [7, 11) is 0. The number of rotatable bonds is 4. The van der Waals surface area contributed by atoms with Crippen LogP contribution in [0.1, 0.15) is 24.1 Å². The van der Waals surface area contributed by atoms with E-state index in [1.165, 1.54) is 12.4 Å². The Morgan fingerprint density at radius 1 is 1.38 bits per heavy atom. The van der Waals surface area contributed by atoms with Gasteiger partial charge in [0.2, 0.25) is 0 Å². The van der Waals surface area contributed by atoms with Crippen LogP contribution in [0, 0.1) is 0 Å². The average Bonchev–Trinajstić information content (AvgIpc) is 3.10. The van der Waals surface area contributed by atoms with Gasteiger partial charge in [0.25, 0.3) is 0 Å². The molecule has 0 aromatic carbocycles. The van der Waals surface area contributed by atoms with Crippen molar-refractivity contribution in [1.82, 2.24) is 20.1 Å². The van der Waals surface area contributed by atoms with Crippen molar-refractivity contribution in [3.63, 3.8) is 0 Å². The van der Waals surface area contributed by atoms with Gasteiger partial charge in [-0.1, -0.05) is 11.6 Å². The highest BCUT2D eigenvalue weighted by atomic mass is 35.5. The van der Waals surface area contributed by atoms with Crippen molar-refractivity contribution in [3.05, 3.63) is 40.8 Å². The molecule has 0 amide bonds. The zero-order valence-corrected chi connectivity index (χ0v) is 11.6. The monoisotopic (exact) mass is 316 g/mol. The van der Waals surface area contributed by atoms with Crippen LogP contribution in [0.15, 0.2) is 24.5 Å². The second-order valence-electron chi connectivity index (χ2n) is 4.93. The van der Waals surface area contributed by atoms with Crippen LogP contribution in [0.5, 0.6) is 0 Å². The van der Waals surface area contributed by atoms with E-state index in [9.17, 15) is 13.2 Å². The fourth-order valence-corrected chi connectivity index (χ4v) is 2.04. The van der Waals surface area contributed by atoms with Crippen LogP contribution in [0.25, 0.3) is 5.82 Å². The number of hydrogen-bond donors (Lipinski definition) is 1. The minimum absolute atomic E-state index is 0.308. The SMILES string of the molecule is FC(F)(F)c1ccn(-c2cc(CNC3CC3)c(Cl)cn2)n1. The molecule has 1 aliphatic rings. The molecular formula is C13H12ClF3N4. The number of nitrogens with zero attached hydrogens (tertiary/aromatic N) is 3. The van der Waals surface area contributed by atoms with E-state index in [-0.39, 0.29) is 0 Å². The van der Waals surface area contributed by atoms with Crippen LogP contribution in [0.3, 0.4) is 0 Å². The third-order valence-electron chi connectivity index (χ3n) is 3.19. The molecule has 0 bridgehead atoms. The molecule has 8 heteroatoms. The zero-order chi connectivity index (χ0) is 15.0. The first-order chi connectivity index (χ1) is 9.93. The zero-order valence-electron chi connectivity index (χ0n) is 10.9. The Balaban J connectivity index is 1.84. The van der Waals surface area contributed by atoms with Crippen LogP contribution < -0.4 is 5.32 Å². The highest BCUT2D eigenvalue weighted by Crippen LogP contribution is 2.28. The van der Waals surface area contributed by atoms with Crippen molar-refractivity contribution in [2.45, 2.75) is 31.6 Å². The highest BCUT2D eigenvalue weighted by molar-refractivity contribution is 6.31. The quantitative estimate of drug-likeness (QED) is 0.942. The van der Waals surface area contributed by atoms with Gasteiger partial charge in [-0.25, -0.2) is 9.67 Å². The Labute approximate surface area is 123 Å². The third kappa shape index (κ3) is 3.36. The molecule has 1 aliphatic carbocycles. The molecule has 0 aliphatic heterocycles. The maximum absolute atomic E-state index is 12.5. The van der Waals surface area contributed by atoms with E-state index >= 15 is 0 Å². The molecule has 2 aromatic heterocycles. The minimum Gasteiger partial charge on any atom is -0.310 e. The molecule has 0 atom stereocenters. The van der Waals surface area contributed by atoms with E-state index in [2.05, 4.69) is 15.4 Å². The molecule has 112 valence electrons. The molecule has 4 nitrogen and oxygen atoms in total. The summed E-state index contributed by atoms with van der Waals surface area (Å²) in [5.41, 5.74) is -0.158. The molecule has 0 saturated heterocycles. The standard InChI is InChI=1S/C13H12ClF3N4/c14-10-7-19-12(5-8(10)6-18-9-1-2-9)21-4-3-11(20-21)13(15,16)17/h3-5,7,9,18H,1-2,6H2. The van der Waals surface area contributed by atoms with E-state index in [1.807, 2.05) is 0 Å². The van der Waals surface area contributed by atoms with Gasteiger partial charge in [-0.2, -0.15) is 18.3 Å². The lowest BCUT2D eigenvalue weighted by Crippen LogP contribution is -2.16. The number of hydrogen-bond acceptors (Lipinski definition) is 3. The third-order valence-corrected chi connectivity index (χ3v) is 3.53. The smallest absolute Gasteiger partial charge is 0.310 e. The summed E-state index contributed by atoms with van der Waals surface area (Å²) in [6.45, 7) is 0.562.